The standard InChI is InChI=1S/C24H22F3N3O4S/c1-16(2)30(35(33,34)21-10-8-19(9-11-21)24(25,26)27)20-7-3-5-17(13-20)22(14-23(31)29-32)18-6-4-12-28-15-18/h3-16,32H,1-2H3,(H,29,31)/b22-14+. The first-order chi connectivity index (χ1) is 16.4. The van der Waals surface area contributed by atoms with Gasteiger partial charge in [0.1, 0.15) is 0 Å². The van der Waals surface area contributed by atoms with Crippen LogP contribution in [0.15, 0.2) is 84.0 Å². The van der Waals surface area contributed by atoms with Crippen molar-refractivity contribution in [2.75, 3.05) is 4.31 Å². The quantitative estimate of drug-likeness (QED) is 0.277. The van der Waals surface area contributed by atoms with E-state index in [4.69, 9.17) is 5.21 Å². The summed E-state index contributed by atoms with van der Waals surface area (Å²) in [6.45, 7) is 3.26. The van der Waals surface area contributed by atoms with E-state index in [0.29, 0.717) is 16.7 Å². The molecule has 2 N–H and O–H groups in total. The number of pyridine rings is 1. The van der Waals surface area contributed by atoms with Crippen LogP contribution < -0.4 is 9.79 Å². The number of hydrogen-bond acceptors (Lipinski definition) is 5. The average molecular weight is 506 g/mol. The van der Waals surface area contributed by atoms with Gasteiger partial charge in [-0.2, -0.15) is 13.2 Å². The highest BCUT2D eigenvalue weighted by Crippen LogP contribution is 2.33. The van der Waals surface area contributed by atoms with Gasteiger partial charge in [0, 0.05) is 30.1 Å². The van der Waals surface area contributed by atoms with Crippen molar-refractivity contribution in [1.29, 1.82) is 0 Å². The van der Waals surface area contributed by atoms with Crippen LogP contribution in [0.3, 0.4) is 0 Å². The van der Waals surface area contributed by atoms with Crippen molar-refractivity contribution in [1.82, 2.24) is 10.5 Å². The number of aromatic nitrogens is 1. The number of sulfonamides is 1. The number of rotatable bonds is 7. The van der Waals surface area contributed by atoms with Crippen LogP contribution in [0.5, 0.6) is 0 Å². The molecular weight excluding hydrogens is 483 g/mol. The van der Waals surface area contributed by atoms with E-state index in [-0.39, 0.29) is 10.6 Å². The van der Waals surface area contributed by atoms with Gasteiger partial charge >= 0.3 is 6.18 Å². The second kappa shape index (κ2) is 10.3. The van der Waals surface area contributed by atoms with Gasteiger partial charge in [0.25, 0.3) is 15.9 Å². The van der Waals surface area contributed by atoms with Gasteiger partial charge in [-0.3, -0.25) is 19.3 Å². The third-order valence-electron chi connectivity index (χ3n) is 4.98. The summed E-state index contributed by atoms with van der Waals surface area (Å²) in [5, 5.41) is 8.98. The summed E-state index contributed by atoms with van der Waals surface area (Å²) in [7, 11) is -4.24. The van der Waals surface area contributed by atoms with Gasteiger partial charge in [0.15, 0.2) is 0 Å². The summed E-state index contributed by atoms with van der Waals surface area (Å²) >= 11 is 0. The summed E-state index contributed by atoms with van der Waals surface area (Å²) in [6, 6.07) is 12.3. The van der Waals surface area contributed by atoms with Crippen LogP contribution in [0.1, 0.15) is 30.5 Å². The van der Waals surface area contributed by atoms with Gasteiger partial charge in [-0.15, -0.1) is 0 Å². The first-order valence-electron chi connectivity index (χ1n) is 10.3. The topological polar surface area (TPSA) is 99.6 Å². The fourth-order valence-corrected chi connectivity index (χ4v) is 5.13. The lowest BCUT2D eigenvalue weighted by Gasteiger charge is -2.29. The molecule has 0 atom stereocenters. The summed E-state index contributed by atoms with van der Waals surface area (Å²) in [5.41, 5.74) is 2.16. The zero-order valence-corrected chi connectivity index (χ0v) is 19.5. The van der Waals surface area contributed by atoms with Crippen LogP contribution in [0, 0.1) is 0 Å². The third kappa shape index (κ3) is 5.87. The van der Waals surface area contributed by atoms with Crippen molar-refractivity contribution in [2.45, 2.75) is 31.0 Å². The van der Waals surface area contributed by atoms with Crippen LogP contribution in [0.2, 0.25) is 0 Å². The van der Waals surface area contributed by atoms with E-state index in [2.05, 4.69) is 4.98 Å². The normalized spacial score (nSPS) is 12.5. The summed E-state index contributed by atoms with van der Waals surface area (Å²) in [5.74, 6) is -0.799. The molecule has 0 aliphatic heterocycles. The summed E-state index contributed by atoms with van der Waals surface area (Å²) in [4.78, 5) is 15.6. The Morgan fingerprint density at radius 2 is 1.71 bits per heavy atom. The minimum Gasteiger partial charge on any atom is -0.288 e. The van der Waals surface area contributed by atoms with Crippen molar-refractivity contribution in [2.24, 2.45) is 0 Å². The fraction of sp³-hybridized carbons (Fsp3) is 0.167. The molecule has 11 heteroatoms. The average Bonchev–Trinajstić information content (AvgIpc) is 2.82. The smallest absolute Gasteiger partial charge is 0.288 e. The molecule has 2 aromatic carbocycles. The highest BCUT2D eigenvalue weighted by Gasteiger charge is 2.32. The minimum absolute atomic E-state index is 0.233. The minimum atomic E-state index is -4.59. The Labute approximate surface area is 200 Å². The van der Waals surface area contributed by atoms with E-state index in [1.54, 1.807) is 44.3 Å². The molecule has 1 heterocycles. The molecule has 0 aliphatic carbocycles. The molecule has 0 aliphatic rings. The molecule has 0 saturated heterocycles. The number of nitrogens with one attached hydrogen (secondary N) is 1. The van der Waals surface area contributed by atoms with Gasteiger partial charge in [0.2, 0.25) is 0 Å². The van der Waals surface area contributed by atoms with E-state index in [0.717, 1.165) is 34.6 Å². The maximum atomic E-state index is 13.4. The zero-order chi connectivity index (χ0) is 25.8. The molecule has 0 saturated carbocycles. The molecular formula is C24H22F3N3O4S. The van der Waals surface area contributed by atoms with E-state index in [9.17, 15) is 26.4 Å². The Hall–Kier alpha value is -3.70. The lowest BCUT2D eigenvalue weighted by Crippen LogP contribution is -2.37. The second-order valence-corrected chi connectivity index (χ2v) is 9.56. The molecule has 0 fully saturated rings. The number of amides is 1. The molecule has 1 amide bonds. The number of carbonyl (C=O) groups excluding carboxylic acids is 1. The van der Waals surface area contributed by atoms with Gasteiger partial charge in [-0.1, -0.05) is 18.2 Å². The first-order valence-corrected chi connectivity index (χ1v) is 11.8. The van der Waals surface area contributed by atoms with Crippen molar-refractivity contribution < 1.29 is 31.6 Å². The van der Waals surface area contributed by atoms with E-state index in [1.807, 2.05) is 0 Å². The molecule has 3 rings (SSSR count). The molecule has 7 nitrogen and oxygen atoms in total. The van der Waals surface area contributed by atoms with Gasteiger partial charge in [-0.25, -0.2) is 13.9 Å². The van der Waals surface area contributed by atoms with Crippen molar-refractivity contribution in [3.05, 3.63) is 95.8 Å². The van der Waals surface area contributed by atoms with Crippen LogP contribution >= 0.6 is 0 Å². The number of hydrogen-bond donors (Lipinski definition) is 2. The molecule has 0 unspecified atom stereocenters. The Morgan fingerprint density at radius 3 is 2.26 bits per heavy atom. The highest BCUT2D eigenvalue weighted by molar-refractivity contribution is 7.92. The van der Waals surface area contributed by atoms with Crippen LogP contribution in [0.4, 0.5) is 18.9 Å². The van der Waals surface area contributed by atoms with Gasteiger partial charge in [0.05, 0.1) is 16.1 Å². The second-order valence-electron chi connectivity index (χ2n) is 7.74. The van der Waals surface area contributed by atoms with Crippen LogP contribution in [-0.4, -0.2) is 30.6 Å². The number of nitrogens with zero attached hydrogens (tertiary/aromatic N) is 2. The molecule has 3 aromatic rings. The zero-order valence-electron chi connectivity index (χ0n) is 18.7. The third-order valence-corrected chi connectivity index (χ3v) is 7.00. The van der Waals surface area contributed by atoms with E-state index >= 15 is 0 Å². The molecule has 184 valence electrons. The van der Waals surface area contributed by atoms with Crippen molar-refractivity contribution in [3.63, 3.8) is 0 Å². The Kier molecular flexibility index (Phi) is 7.61. The Morgan fingerprint density at radius 1 is 1.06 bits per heavy atom. The number of carbonyl (C=O) groups is 1. The SMILES string of the molecule is CC(C)N(c1cccc(/C(=C\C(=O)NO)c2cccnc2)c1)S(=O)(=O)c1ccc(C(F)(F)F)cc1. The first kappa shape index (κ1) is 25.9. The number of benzene rings is 2. The highest BCUT2D eigenvalue weighted by atomic mass is 32.2. The molecule has 35 heavy (non-hydrogen) atoms. The van der Waals surface area contributed by atoms with Crippen LogP contribution in [0.25, 0.3) is 5.57 Å². The maximum absolute atomic E-state index is 13.4. The molecule has 0 radical (unpaired) electrons. The fourth-order valence-electron chi connectivity index (χ4n) is 3.47. The monoisotopic (exact) mass is 505 g/mol. The molecule has 0 spiro atoms. The Balaban J connectivity index is 2.10. The summed E-state index contributed by atoms with van der Waals surface area (Å²) < 4.78 is 66.7. The number of hydroxylamine groups is 1. The lowest BCUT2D eigenvalue weighted by molar-refractivity contribution is -0.137. The molecule has 0 bridgehead atoms. The largest absolute Gasteiger partial charge is 0.416 e. The van der Waals surface area contributed by atoms with Crippen molar-refractivity contribution >= 4 is 27.2 Å². The predicted octanol–water partition coefficient (Wildman–Crippen LogP) is 4.64. The number of anilines is 1. The predicted molar refractivity (Wildman–Crippen MR) is 124 cm³/mol. The number of alkyl halides is 3. The Bertz CT molecular complexity index is 1320. The van der Waals surface area contributed by atoms with Crippen LogP contribution in [-0.2, 0) is 21.0 Å². The maximum Gasteiger partial charge on any atom is 0.416 e. The molecule has 1 aromatic heterocycles. The van der Waals surface area contributed by atoms with Crippen molar-refractivity contribution in [3.8, 4) is 0 Å². The van der Waals surface area contributed by atoms with E-state index in [1.165, 1.54) is 23.8 Å². The van der Waals surface area contributed by atoms with Gasteiger partial charge in [-0.05, 0) is 67.4 Å². The van der Waals surface area contributed by atoms with Gasteiger partial charge < -0.3 is 0 Å². The number of halogens is 3. The lowest BCUT2D eigenvalue weighted by atomic mass is 9.98. The summed E-state index contributed by atoms with van der Waals surface area (Å²) in [6.07, 6.45) is -0.409. The van der Waals surface area contributed by atoms with E-state index < -0.39 is 33.7 Å².